The van der Waals surface area contributed by atoms with Crippen LogP contribution in [-0.2, 0) is 0 Å². The van der Waals surface area contributed by atoms with Crippen molar-refractivity contribution in [2.45, 2.75) is 4.90 Å². The number of ether oxygens (including phenoxy) is 1. The summed E-state index contributed by atoms with van der Waals surface area (Å²) < 4.78 is 6.32. The molecular weight excluding hydrogens is 496 g/mol. The summed E-state index contributed by atoms with van der Waals surface area (Å²) in [4.78, 5) is 17.3. The highest BCUT2D eigenvalue weighted by Crippen LogP contribution is 2.37. The van der Waals surface area contributed by atoms with E-state index in [1.165, 1.54) is 17.4 Å². The van der Waals surface area contributed by atoms with E-state index in [0.717, 1.165) is 27.0 Å². The molecule has 0 saturated heterocycles. The summed E-state index contributed by atoms with van der Waals surface area (Å²) in [5, 5.41) is 4.64. The van der Waals surface area contributed by atoms with Crippen LogP contribution in [0.15, 0.2) is 76.1 Å². The molecular formula is C24H20BrClN2O2S. The van der Waals surface area contributed by atoms with E-state index in [0.29, 0.717) is 22.9 Å². The van der Waals surface area contributed by atoms with Gasteiger partial charge in [0.25, 0.3) is 5.91 Å². The van der Waals surface area contributed by atoms with Crippen LogP contribution in [0.2, 0.25) is 5.02 Å². The van der Waals surface area contributed by atoms with Crippen LogP contribution in [0.5, 0.6) is 5.75 Å². The molecule has 0 aliphatic carbocycles. The molecule has 0 fully saturated rings. The summed E-state index contributed by atoms with van der Waals surface area (Å²) in [6.07, 6.45) is 0. The molecule has 0 unspecified atom stereocenters. The number of carbonyl (C=O) groups is 1. The molecule has 4 aromatic rings. The molecule has 0 saturated carbocycles. The first-order chi connectivity index (χ1) is 15.1. The molecule has 1 amide bonds. The molecule has 4 rings (SSSR count). The van der Waals surface area contributed by atoms with Crippen molar-refractivity contribution >= 4 is 56.1 Å². The van der Waals surface area contributed by atoms with Crippen LogP contribution in [0.4, 0.5) is 0 Å². The topological polar surface area (TPSA) is 54.1 Å². The number of benzene rings is 3. The fraction of sp³-hybridized carbons (Fsp3) is 0.125. The third-order valence-electron chi connectivity index (χ3n) is 4.83. The zero-order valence-corrected chi connectivity index (χ0v) is 19.9. The summed E-state index contributed by atoms with van der Waals surface area (Å²) in [6.45, 7) is 0.512. The lowest BCUT2D eigenvalue weighted by Crippen LogP contribution is -2.26. The Labute approximate surface area is 198 Å². The van der Waals surface area contributed by atoms with Gasteiger partial charge in [0.1, 0.15) is 5.75 Å². The second-order valence-electron chi connectivity index (χ2n) is 6.83. The van der Waals surface area contributed by atoms with E-state index in [1.54, 1.807) is 30.0 Å². The predicted molar refractivity (Wildman–Crippen MR) is 132 cm³/mol. The van der Waals surface area contributed by atoms with E-state index < -0.39 is 0 Å². The Balaban J connectivity index is 1.49. The number of methoxy groups -OCH3 is 1. The predicted octanol–water partition coefficient (Wildman–Crippen LogP) is 6.78. The Hall–Kier alpha value is -2.41. The summed E-state index contributed by atoms with van der Waals surface area (Å²) in [7, 11) is 1.54. The normalized spacial score (nSPS) is 10.9. The second kappa shape index (κ2) is 9.81. The third kappa shape index (κ3) is 4.92. The smallest absolute Gasteiger partial charge is 0.255 e. The number of H-pyrrole nitrogens is 1. The monoisotopic (exact) mass is 514 g/mol. The highest BCUT2D eigenvalue weighted by molar-refractivity contribution is 9.10. The maximum absolute atomic E-state index is 12.6. The van der Waals surface area contributed by atoms with Gasteiger partial charge < -0.3 is 15.0 Å². The fourth-order valence-corrected chi connectivity index (χ4v) is 4.85. The van der Waals surface area contributed by atoms with Crippen molar-refractivity contribution in [3.8, 4) is 17.0 Å². The number of thioether (sulfide) groups is 1. The van der Waals surface area contributed by atoms with Gasteiger partial charge in [-0.1, -0.05) is 57.9 Å². The van der Waals surface area contributed by atoms with Crippen molar-refractivity contribution in [2.24, 2.45) is 0 Å². The molecule has 4 nitrogen and oxygen atoms in total. The SMILES string of the molecule is COc1ccc(Cl)cc1C(=O)NCCSc1c(-c2ccc(Br)cc2)[nH]c2ccccc12. The minimum absolute atomic E-state index is 0.202. The Morgan fingerprint density at radius 2 is 1.90 bits per heavy atom. The van der Waals surface area contributed by atoms with Crippen molar-refractivity contribution in [1.29, 1.82) is 0 Å². The fourth-order valence-electron chi connectivity index (χ4n) is 3.36. The van der Waals surface area contributed by atoms with E-state index >= 15 is 0 Å². The van der Waals surface area contributed by atoms with Crippen LogP contribution in [-0.4, -0.2) is 30.3 Å². The highest BCUT2D eigenvalue weighted by Gasteiger charge is 2.15. The lowest BCUT2D eigenvalue weighted by atomic mass is 10.1. The number of rotatable bonds is 7. The second-order valence-corrected chi connectivity index (χ2v) is 9.29. The molecule has 7 heteroatoms. The van der Waals surface area contributed by atoms with Crippen LogP contribution < -0.4 is 10.1 Å². The third-order valence-corrected chi connectivity index (χ3v) is 6.72. The zero-order chi connectivity index (χ0) is 21.8. The van der Waals surface area contributed by atoms with Gasteiger partial charge in [0.15, 0.2) is 0 Å². The Morgan fingerprint density at radius 3 is 2.68 bits per heavy atom. The number of aromatic nitrogens is 1. The Morgan fingerprint density at radius 1 is 1.13 bits per heavy atom. The highest BCUT2D eigenvalue weighted by atomic mass is 79.9. The first kappa shape index (κ1) is 21.8. The molecule has 0 aliphatic heterocycles. The van der Waals surface area contributed by atoms with Crippen molar-refractivity contribution in [3.05, 3.63) is 81.8 Å². The molecule has 0 bridgehead atoms. The number of hydrogen-bond acceptors (Lipinski definition) is 3. The van der Waals surface area contributed by atoms with Gasteiger partial charge in [-0.15, -0.1) is 11.8 Å². The summed E-state index contributed by atoms with van der Waals surface area (Å²) in [5.41, 5.74) is 3.73. The van der Waals surface area contributed by atoms with Crippen LogP contribution in [0, 0.1) is 0 Å². The van der Waals surface area contributed by atoms with Gasteiger partial charge in [0.2, 0.25) is 0 Å². The van der Waals surface area contributed by atoms with Gasteiger partial charge in [-0.05, 0) is 42.0 Å². The van der Waals surface area contributed by atoms with Gasteiger partial charge >= 0.3 is 0 Å². The van der Waals surface area contributed by atoms with E-state index in [2.05, 4.69) is 50.5 Å². The first-order valence-electron chi connectivity index (χ1n) is 9.68. The molecule has 0 atom stereocenters. The average molecular weight is 516 g/mol. The molecule has 0 aliphatic rings. The number of nitrogens with one attached hydrogen (secondary N) is 2. The Kier molecular flexibility index (Phi) is 6.90. The number of hydrogen-bond donors (Lipinski definition) is 2. The molecule has 0 spiro atoms. The lowest BCUT2D eigenvalue weighted by Gasteiger charge is -2.10. The minimum Gasteiger partial charge on any atom is -0.496 e. The number of fused-ring (bicyclic) bond motifs is 1. The number of para-hydroxylation sites is 1. The summed E-state index contributed by atoms with van der Waals surface area (Å²) in [6, 6.07) is 21.5. The van der Waals surface area contributed by atoms with Crippen LogP contribution >= 0.6 is 39.3 Å². The van der Waals surface area contributed by atoms with E-state index in [4.69, 9.17) is 16.3 Å². The molecule has 1 aromatic heterocycles. The minimum atomic E-state index is -0.202. The van der Waals surface area contributed by atoms with Crippen LogP contribution in [0.25, 0.3) is 22.2 Å². The van der Waals surface area contributed by atoms with Gasteiger partial charge in [-0.2, -0.15) is 0 Å². The van der Waals surface area contributed by atoms with Crippen molar-refractivity contribution in [3.63, 3.8) is 0 Å². The average Bonchev–Trinajstić information content (AvgIpc) is 3.15. The van der Waals surface area contributed by atoms with E-state index in [-0.39, 0.29) is 5.91 Å². The number of halogens is 2. The number of carbonyl (C=O) groups excluding carboxylic acids is 1. The zero-order valence-electron chi connectivity index (χ0n) is 16.7. The molecule has 2 N–H and O–H groups in total. The molecule has 31 heavy (non-hydrogen) atoms. The molecule has 0 radical (unpaired) electrons. The molecule has 1 heterocycles. The van der Waals surface area contributed by atoms with Crippen molar-refractivity contribution < 1.29 is 9.53 Å². The van der Waals surface area contributed by atoms with Crippen molar-refractivity contribution in [1.82, 2.24) is 10.3 Å². The summed E-state index contributed by atoms with van der Waals surface area (Å²) in [5.74, 6) is 1.02. The maximum Gasteiger partial charge on any atom is 0.255 e. The van der Waals surface area contributed by atoms with E-state index in [1.807, 2.05) is 24.3 Å². The largest absolute Gasteiger partial charge is 0.496 e. The van der Waals surface area contributed by atoms with E-state index in [9.17, 15) is 4.79 Å². The number of amides is 1. The van der Waals surface area contributed by atoms with Gasteiger partial charge in [0, 0.05) is 37.6 Å². The van der Waals surface area contributed by atoms with Gasteiger partial charge in [-0.3, -0.25) is 4.79 Å². The number of aromatic amines is 1. The summed E-state index contributed by atoms with van der Waals surface area (Å²) >= 11 is 11.3. The van der Waals surface area contributed by atoms with Crippen molar-refractivity contribution in [2.75, 3.05) is 19.4 Å². The van der Waals surface area contributed by atoms with Crippen LogP contribution in [0.3, 0.4) is 0 Å². The molecule has 3 aromatic carbocycles. The molecule has 158 valence electrons. The quantitative estimate of drug-likeness (QED) is 0.211. The standard InChI is InChI=1S/C24H20BrClN2O2S/c1-30-21-11-10-17(26)14-19(21)24(29)27-12-13-31-23-18-4-2-3-5-20(18)28-22(23)15-6-8-16(25)9-7-15/h2-11,14,28H,12-13H2,1H3,(H,27,29). The van der Waals surface area contributed by atoms with Crippen LogP contribution in [0.1, 0.15) is 10.4 Å². The maximum atomic E-state index is 12.6. The van der Waals surface area contributed by atoms with Gasteiger partial charge in [0.05, 0.1) is 18.4 Å². The lowest BCUT2D eigenvalue weighted by molar-refractivity contribution is 0.0953. The first-order valence-corrected chi connectivity index (χ1v) is 11.8. The Bertz CT molecular complexity index is 1220. The van der Waals surface area contributed by atoms with Gasteiger partial charge in [-0.25, -0.2) is 0 Å².